The summed E-state index contributed by atoms with van der Waals surface area (Å²) in [6.45, 7) is 4.66. The Morgan fingerprint density at radius 3 is 2.59 bits per heavy atom. The predicted molar refractivity (Wildman–Crippen MR) is 146 cm³/mol. The van der Waals surface area contributed by atoms with Crippen LogP contribution in [-0.2, 0) is 9.59 Å². The van der Waals surface area contributed by atoms with Gasteiger partial charge in [0.2, 0.25) is 5.88 Å². The van der Waals surface area contributed by atoms with Gasteiger partial charge in [0.15, 0.2) is 0 Å². The van der Waals surface area contributed by atoms with Crippen LogP contribution in [0, 0.1) is 5.92 Å². The molecule has 2 aromatic heterocycles. The van der Waals surface area contributed by atoms with Crippen molar-refractivity contribution in [3.05, 3.63) is 47.8 Å². The molecule has 2 aliphatic rings. The third-order valence-electron chi connectivity index (χ3n) is 7.84. The first-order chi connectivity index (χ1) is 18.7. The number of fused-ring (bicyclic) bond motifs is 1. The summed E-state index contributed by atoms with van der Waals surface area (Å²) in [7, 11) is 3.51. The van der Waals surface area contributed by atoms with E-state index < -0.39 is 17.7 Å². The third kappa shape index (κ3) is 5.58. The van der Waals surface area contributed by atoms with Crippen molar-refractivity contribution in [2.24, 2.45) is 11.7 Å². The Morgan fingerprint density at radius 1 is 1.10 bits per heavy atom. The van der Waals surface area contributed by atoms with Gasteiger partial charge in [0.05, 0.1) is 36.6 Å². The smallest absolute Gasteiger partial charge is 0.313 e. The largest absolute Gasteiger partial charge is 0.480 e. The van der Waals surface area contributed by atoms with E-state index in [-0.39, 0.29) is 29.1 Å². The second-order valence-electron chi connectivity index (χ2n) is 10.7. The number of nitrogens with two attached hydrogens (primary N) is 1. The molecule has 1 aromatic carbocycles. The molecule has 2 atom stereocenters. The van der Waals surface area contributed by atoms with Crippen LogP contribution in [0.25, 0.3) is 10.9 Å². The molecule has 5 rings (SSSR count). The van der Waals surface area contributed by atoms with Crippen LogP contribution in [0.4, 0.5) is 5.69 Å². The maximum Gasteiger partial charge on any atom is 0.313 e. The zero-order chi connectivity index (χ0) is 27.7. The summed E-state index contributed by atoms with van der Waals surface area (Å²) in [4.78, 5) is 46.2. The third-order valence-corrected chi connectivity index (χ3v) is 7.84. The maximum absolute atomic E-state index is 13.4. The number of hydrogen-bond donors (Lipinski definition) is 2. The first-order valence-electron chi connectivity index (χ1n) is 13.4. The number of hydrogen-bond acceptors (Lipinski definition) is 7. The SMILES string of the molecule is COc1ncc(NC(=O)C(=O)N2CC(C)CCC2c2ccc3cn(C4CCN(C)CC4)nc3c2)cc1C(N)=O. The lowest BCUT2D eigenvalue weighted by molar-refractivity contribution is -0.146. The molecule has 0 saturated carbocycles. The van der Waals surface area contributed by atoms with Gasteiger partial charge in [0.25, 0.3) is 5.91 Å². The van der Waals surface area contributed by atoms with Crippen molar-refractivity contribution in [1.82, 2.24) is 24.6 Å². The zero-order valence-corrected chi connectivity index (χ0v) is 22.6. The highest BCUT2D eigenvalue weighted by molar-refractivity contribution is 6.39. The van der Waals surface area contributed by atoms with Crippen LogP contribution in [0.15, 0.2) is 36.7 Å². The number of rotatable bonds is 5. The van der Waals surface area contributed by atoms with Gasteiger partial charge in [0, 0.05) is 18.1 Å². The van der Waals surface area contributed by atoms with Crippen LogP contribution >= 0.6 is 0 Å². The topological polar surface area (TPSA) is 136 Å². The Morgan fingerprint density at radius 2 is 1.87 bits per heavy atom. The van der Waals surface area contributed by atoms with Gasteiger partial charge in [-0.1, -0.05) is 19.1 Å². The van der Waals surface area contributed by atoms with Gasteiger partial charge in [0.1, 0.15) is 5.56 Å². The van der Waals surface area contributed by atoms with Crippen molar-refractivity contribution in [1.29, 1.82) is 0 Å². The molecule has 0 spiro atoms. The minimum absolute atomic E-state index is 0.0141. The molecule has 2 aliphatic heterocycles. The number of methoxy groups -OCH3 is 1. The molecular weight excluding hydrogens is 498 g/mol. The first kappa shape index (κ1) is 26.6. The zero-order valence-electron chi connectivity index (χ0n) is 22.6. The number of primary amides is 1. The van der Waals surface area contributed by atoms with Crippen LogP contribution < -0.4 is 15.8 Å². The van der Waals surface area contributed by atoms with Gasteiger partial charge in [-0.2, -0.15) is 5.10 Å². The lowest BCUT2D eigenvalue weighted by Crippen LogP contribution is -2.46. The van der Waals surface area contributed by atoms with E-state index in [0.29, 0.717) is 12.6 Å². The Hall–Kier alpha value is -3.99. The molecule has 0 aliphatic carbocycles. The number of aromatic nitrogens is 3. The number of piperidine rings is 2. The van der Waals surface area contributed by atoms with E-state index in [2.05, 4.69) is 46.1 Å². The second-order valence-corrected chi connectivity index (χ2v) is 10.7. The van der Waals surface area contributed by atoms with E-state index in [9.17, 15) is 14.4 Å². The van der Waals surface area contributed by atoms with Gasteiger partial charge in [-0.25, -0.2) is 4.98 Å². The second kappa shape index (κ2) is 11.0. The summed E-state index contributed by atoms with van der Waals surface area (Å²) in [6, 6.07) is 7.63. The number of nitrogens with zero attached hydrogens (tertiary/aromatic N) is 5. The van der Waals surface area contributed by atoms with Crippen LogP contribution in [0.2, 0.25) is 0 Å². The van der Waals surface area contributed by atoms with Gasteiger partial charge < -0.3 is 25.6 Å². The summed E-state index contributed by atoms with van der Waals surface area (Å²) >= 11 is 0. The summed E-state index contributed by atoms with van der Waals surface area (Å²) < 4.78 is 7.13. The van der Waals surface area contributed by atoms with Crippen molar-refractivity contribution in [3.63, 3.8) is 0 Å². The number of likely N-dealkylation sites (tertiary alicyclic amines) is 2. The predicted octanol–water partition coefficient (Wildman–Crippen LogP) is 2.74. The summed E-state index contributed by atoms with van der Waals surface area (Å²) in [5, 5.41) is 8.52. The van der Waals surface area contributed by atoms with Gasteiger partial charge >= 0.3 is 11.8 Å². The molecule has 206 valence electrons. The minimum atomic E-state index is -0.802. The van der Waals surface area contributed by atoms with Crippen LogP contribution in [-0.4, -0.2) is 76.1 Å². The fourth-order valence-electron chi connectivity index (χ4n) is 5.60. The molecule has 0 bridgehead atoms. The molecule has 2 fully saturated rings. The van der Waals surface area contributed by atoms with Crippen molar-refractivity contribution >= 4 is 34.3 Å². The number of nitrogens with one attached hydrogen (secondary N) is 1. The van der Waals surface area contributed by atoms with E-state index in [1.54, 1.807) is 4.90 Å². The maximum atomic E-state index is 13.4. The molecule has 3 N–H and O–H groups in total. The molecule has 11 heteroatoms. The fraction of sp³-hybridized carbons (Fsp3) is 0.464. The lowest BCUT2D eigenvalue weighted by atomic mass is 9.89. The molecule has 0 radical (unpaired) electrons. The minimum Gasteiger partial charge on any atom is -0.480 e. The number of pyridine rings is 1. The van der Waals surface area contributed by atoms with Crippen LogP contribution in [0.5, 0.6) is 5.88 Å². The van der Waals surface area contributed by atoms with Gasteiger partial charge in [-0.3, -0.25) is 19.1 Å². The van der Waals surface area contributed by atoms with Crippen LogP contribution in [0.1, 0.15) is 60.6 Å². The summed E-state index contributed by atoms with van der Waals surface area (Å²) in [5.41, 5.74) is 7.46. The molecule has 11 nitrogen and oxygen atoms in total. The van der Waals surface area contributed by atoms with Crippen molar-refractivity contribution in [2.45, 2.75) is 44.7 Å². The van der Waals surface area contributed by atoms with E-state index in [4.69, 9.17) is 15.6 Å². The Kier molecular flexibility index (Phi) is 7.51. The Balaban J connectivity index is 1.36. The normalized spacial score (nSPS) is 20.6. The van der Waals surface area contributed by atoms with E-state index >= 15 is 0 Å². The summed E-state index contributed by atoms with van der Waals surface area (Å²) in [6.07, 6.45) is 7.26. The average molecular weight is 534 g/mol. The first-order valence-corrected chi connectivity index (χ1v) is 13.4. The molecule has 4 heterocycles. The van der Waals surface area contributed by atoms with Crippen molar-refractivity contribution < 1.29 is 19.1 Å². The number of amides is 3. The fourth-order valence-corrected chi connectivity index (χ4v) is 5.60. The molecule has 3 aromatic rings. The number of benzene rings is 1. The van der Waals surface area contributed by atoms with Crippen LogP contribution in [0.3, 0.4) is 0 Å². The Bertz CT molecular complexity index is 1400. The monoisotopic (exact) mass is 533 g/mol. The number of carbonyl (C=O) groups is 3. The Labute approximate surface area is 227 Å². The number of anilines is 1. The quantitative estimate of drug-likeness (QED) is 0.481. The highest BCUT2D eigenvalue weighted by Gasteiger charge is 2.34. The molecule has 3 amide bonds. The number of ether oxygens (including phenoxy) is 1. The van der Waals surface area contributed by atoms with Crippen molar-refractivity contribution in [2.75, 3.05) is 39.1 Å². The molecule has 39 heavy (non-hydrogen) atoms. The van der Waals surface area contributed by atoms with Crippen molar-refractivity contribution in [3.8, 4) is 5.88 Å². The van der Waals surface area contributed by atoms with Gasteiger partial charge in [-0.05, 0) is 69.4 Å². The number of carbonyl (C=O) groups excluding carboxylic acids is 3. The van der Waals surface area contributed by atoms with E-state index in [1.807, 2.05) is 12.1 Å². The van der Waals surface area contributed by atoms with Gasteiger partial charge in [-0.15, -0.1) is 0 Å². The molecule has 2 unspecified atom stereocenters. The van der Waals surface area contributed by atoms with E-state index in [1.165, 1.54) is 19.4 Å². The standard InChI is InChI=1S/C28H35N7O4/c1-17-4-7-24(18-5-6-19-16-35(32-23(19)12-18)21-8-10-33(2)11-9-21)34(15-17)28(38)26(37)31-20-13-22(25(29)36)27(39-3)30-14-20/h5-6,12-14,16-17,21,24H,4,7-11,15H2,1-3H3,(H2,29,36)(H,31,37). The highest BCUT2D eigenvalue weighted by Crippen LogP contribution is 2.35. The molecular formula is C28H35N7O4. The summed E-state index contributed by atoms with van der Waals surface area (Å²) in [5.74, 6) is -1.88. The highest BCUT2D eigenvalue weighted by atomic mass is 16.5. The molecule has 2 saturated heterocycles. The lowest BCUT2D eigenvalue weighted by Gasteiger charge is -2.38. The average Bonchev–Trinajstić information content (AvgIpc) is 3.36. The van der Waals surface area contributed by atoms with E-state index in [0.717, 1.165) is 55.2 Å².